The molecule has 0 aliphatic rings. The summed E-state index contributed by atoms with van der Waals surface area (Å²) in [4.78, 5) is 21.9. The molecule has 0 aromatic carbocycles. The van der Waals surface area contributed by atoms with Gasteiger partial charge in [0, 0.05) is 13.0 Å². The van der Waals surface area contributed by atoms with Crippen LogP contribution in [0.25, 0.3) is 0 Å². The maximum Gasteiger partial charge on any atom is 0.472 e. The average molecular weight is 595 g/mol. The largest absolute Gasteiger partial charge is 0.472 e. The third-order valence-electron chi connectivity index (χ3n) is 6.89. The smallest absolute Gasteiger partial charge is 0.457 e. The molecule has 2 unspecified atom stereocenters. The van der Waals surface area contributed by atoms with Gasteiger partial charge in [-0.3, -0.25) is 13.8 Å². The summed E-state index contributed by atoms with van der Waals surface area (Å²) in [6.07, 6.45) is 22.8. The summed E-state index contributed by atoms with van der Waals surface area (Å²) < 4.78 is 34.1. The minimum atomic E-state index is -4.23. The number of esters is 1. The van der Waals surface area contributed by atoms with E-state index >= 15 is 0 Å². The van der Waals surface area contributed by atoms with Gasteiger partial charge in [-0.1, -0.05) is 117 Å². The summed E-state index contributed by atoms with van der Waals surface area (Å²) in [6.45, 7) is 5.27. The van der Waals surface area contributed by atoms with Gasteiger partial charge in [0.1, 0.15) is 19.3 Å². The third-order valence-corrected chi connectivity index (χ3v) is 7.87. The van der Waals surface area contributed by atoms with Crippen molar-refractivity contribution in [2.24, 2.45) is 0 Å². The minimum Gasteiger partial charge on any atom is -0.457 e. The number of rotatable bonds is 30. The van der Waals surface area contributed by atoms with Crippen molar-refractivity contribution in [3.05, 3.63) is 0 Å². The van der Waals surface area contributed by atoms with Crippen molar-refractivity contribution in [1.29, 1.82) is 0 Å². The quantitative estimate of drug-likeness (QED) is 0.0388. The van der Waals surface area contributed by atoms with Gasteiger partial charge in [-0.15, -0.1) is 0 Å². The highest BCUT2D eigenvalue weighted by Gasteiger charge is 2.26. The Morgan fingerprint density at radius 2 is 1.15 bits per heavy atom. The fraction of sp³-hybridized carbons (Fsp3) is 0.968. The van der Waals surface area contributed by atoms with Crippen LogP contribution in [0.5, 0.6) is 0 Å². The second-order valence-electron chi connectivity index (χ2n) is 12.2. The molecule has 0 aliphatic heterocycles. The molecule has 8 nitrogen and oxygen atoms in total. The molecule has 0 heterocycles. The fourth-order valence-electron chi connectivity index (χ4n) is 4.35. The zero-order valence-corrected chi connectivity index (χ0v) is 27.7. The van der Waals surface area contributed by atoms with Gasteiger partial charge in [0.05, 0.1) is 34.4 Å². The van der Waals surface area contributed by atoms with Gasteiger partial charge in [-0.2, -0.15) is 0 Å². The van der Waals surface area contributed by atoms with E-state index in [0.717, 1.165) is 12.8 Å². The van der Waals surface area contributed by atoms with Crippen molar-refractivity contribution in [3.8, 4) is 0 Å². The monoisotopic (exact) mass is 594 g/mol. The van der Waals surface area contributed by atoms with Crippen LogP contribution in [0.3, 0.4) is 0 Å². The minimum absolute atomic E-state index is 0.0907. The first kappa shape index (κ1) is 39.5. The fourth-order valence-corrected chi connectivity index (χ4v) is 5.10. The van der Waals surface area contributed by atoms with E-state index in [1.165, 1.54) is 96.3 Å². The predicted octanol–water partition coefficient (Wildman–Crippen LogP) is 8.21. The second kappa shape index (κ2) is 26.2. The Kier molecular flexibility index (Phi) is 25.8. The predicted molar refractivity (Wildman–Crippen MR) is 164 cm³/mol. The topological polar surface area (TPSA) is 91.3 Å². The normalized spacial score (nSPS) is 14.2. The summed E-state index contributed by atoms with van der Waals surface area (Å²) >= 11 is 0. The van der Waals surface area contributed by atoms with Crippen molar-refractivity contribution in [1.82, 2.24) is 0 Å². The number of phosphoric ester groups is 1. The van der Waals surface area contributed by atoms with Gasteiger partial charge in [0.25, 0.3) is 0 Å². The van der Waals surface area contributed by atoms with E-state index in [1.54, 1.807) is 0 Å². The summed E-state index contributed by atoms with van der Waals surface area (Å²) in [5, 5.41) is 0. The number of hydrogen-bond donors (Lipinski definition) is 1. The molecular weight excluding hydrogens is 529 g/mol. The number of likely N-dealkylation sites (N-methyl/N-ethyl adjacent to an activating group) is 1. The van der Waals surface area contributed by atoms with Crippen LogP contribution in [-0.2, 0) is 27.9 Å². The number of carbonyl (C=O) groups is 1. The number of quaternary nitrogens is 1. The number of phosphoric acid groups is 1. The van der Waals surface area contributed by atoms with Crippen molar-refractivity contribution in [2.75, 3.05) is 54.1 Å². The van der Waals surface area contributed by atoms with Gasteiger partial charge in [0.2, 0.25) is 0 Å². The van der Waals surface area contributed by atoms with E-state index in [1.807, 2.05) is 28.1 Å². The lowest BCUT2D eigenvalue weighted by Crippen LogP contribution is -2.37. The Morgan fingerprint density at radius 1 is 0.675 bits per heavy atom. The third kappa shape index (κ3) is 29.0. The second-order valence-corrected chi connectivity index (χ2v) is 13.7. The molecule has 0 saturated carbocycles. The standard InChI is InChI=1S/C31H64NO7P/c1-6-8-9-10-11-12-13-14-15-16-17-18-19-20-21-22-23-26-36-28-30(39-31(33)24-7-2)29-38-40(34,35)37-27-25-32(3,4)5/h30H,6-29H2,1-5H3/p+1. The molecule has 2 atom stereocenters. The van der Waals surface area contributed by atoms with E-state index in [-0.39, 0.29) is 32.2 Å². The summed E-state index contributed by atoms with van der Waals surface area (Å²) in [6, 6.07) is 0. The molecule has 0 amide bonds. The lowest BCUT2D eigenvalue weighted by atomic mass is 10.0. The van der Waals surface area contributed by atoms with Crippen LogP contribution in [0.1, 0.15) is 136 Å². The molecular formula is C31H65NO7P+. The summed E-state index contributed by atoms with van der Waals surface area (Å²) in [5.74, 6) is -0.365. The Labute approximate surface area is 247 Å². The van der Waals surface area contributed by atoms with Crippen LogP contribution < -0.4 is 0 Å². The first-order valence-electron chi connectivity index (χ1n) is 16.3. The molecule has 0 aromatic heterocycles. The number of carbonyl (C=O) groups excluding carboxylic acids is 1. The van der Waals surface area contributed by atoms with Crippen molar-refractivity contribution in [2.45, 2.75) is 142 Å². The first-order chi connectivity index (χ1) is 19.1. The molecule has 0 bridgehead atoms. The molecule has 0 aliphatic carbocycles. The summed E-state index contributed by atoms with van der Waals surface area (Å²) in [5.41, 5.74) is 0. The molecule has 9 heteroatoms. The van der Waals surface area contributed by atoms with Crippen LogP contribution in [0, 0.1) is 0 Å². The van der Waals surface area contributed by atoms with Crippen LogP contribution in [0.4, 0.5) is 0 Å². The van der Waals surface area contributed by atoms with Crippen LogP contribution >= 0.6 is 7.82 Å². The van der Waals surface area contributed by atoms with E-state index in [0.29, 0.717) is 24.1 Å². The zero-order chi connectivity index (χ0) is 30.0. The molecule has 0 aromatic rings. The average Bonchev–Trinajstić information content (AvgIpc) is 2.87. The Balaban J connectivity index is 3.85. The van der Waals surface area contributed by atoms with E-state index in [4.69, 9.17) is 18.5 Å². The Bertz CT molecular complexity index is 627. The molecule has 0 saturated heterocycles. The van der Waals surface area contributed by atoms with Gasteiger partial charge in [-0.25, -0.2) is 4.57 Å². The maximum absolute atomic E-state index is 12.2. The SMILES string of the molecule is CCCCCCCCCCCCCCCCCCCOCC(COP(=O)(O)OCC[N+](C)(C)C)OC(=O)CCC. The molecule has 0 rings (SSSR count). The number of nitrogens with zero attached hydrogens (tertiary/aromatic N) is 1. The Hall–Kier alpha value is -0.500. The molecule has 0 fully saturated rings. The first-order valence-corrected chi connectivity index (χ1v) is 17.8. The number of unbranched alkanes of at least 4 members (excludes halogenated alkanes) is 16. The van der Waals surface area contributed by atoms with Crippen LogP contribution in [0.15, 0.2) is 0 Å². The molecule has 40 heavy (non-hydrogen) atoms. The van der Waals surface area contributed by atoms with E-state index in [2.05, 4.69) is 6.92 Å². The highest BCUT2D eigenvalue weighted by molar-refractivity contribution is 7.47. The maximum atomic E-state index is 12.2. The summed E-state index contributed by atoms with van der Waals surface area (Å²) in [7, 11) is 1.67. The number of hydrogen-bond acceptors (Lipinski definition) is 6. The van der Waals surface area contributed by atoms with Gasteiger partial charge >= 0.3 is 13.8 Å². The van der Waals surface area contributed by atoms with E-state index < -0.39 is 13.9 Å². The molecule has 0 radical (unpaired) electrons. The lowest BCUT2D eigenvalue weighted by molar-refractivity contribution is -0.870. The van der Waals surface area contributed by atoms with Crippen molar-refractivity contribution < 1.29 is 37.3 Å². The highest BCUT2D eigenvalue weighted by Crippen LogP contribution is 2.43. The van der Waals surface area contributed by atoms with Crippen LogP contribution in [0.2, 0.25) is 0 Å². The number of ether oxygens (including phenoxy) is 2. The molecule has 0 spiro atoms. The van der Waals surface area contributed by atoms with Gasteiger partial charge < -0.3 is 18.9 Å². The molecule has 1 N–H and O–H groups in total. The van der Waals surface area contributed by atoms with Crippen molar-refractivity contribution >= 4 is 13.8 Å². The van der Waals surface area contributed by atoms with E-state index in [9.17, 15) is 14.3 Å². The Morgan fingerprint density at radius 3 is 1.60 bits per heavy atom. The lowest BCUT2D eigenvalue weighted by Gasteiger charge is -2.24. The van der Waals surface area contributed by atoms with Crippen LogP contribution in [-0.4, -0.2) is 75.6 Å². The van der Waals surface area contributed by atoms with Crippen molar-refractivity contribution in [3.63, 3.8) is 0 Å². The highest BCUT2D eigenvalue weighted by atomic mass is 31.2. The van der Waals surface area contributed by atoms with Gasteiger partial charge in [-0.05, 0) is 12.8 Å². The molecule has 240 valence electrons. The van der Waals surface area contributed by atoms with Gasteiger partial charge in [0.15, 0.2) is 0 Å². The zero-order valence-electron chi connectivity index (χ0n) is 26.8.